The molecule has 0 bridgehead atoms. The molecule has 3 rings (SSSR count). The first kappa shape index (κ1) is 29.1. The van der Waals surface area contributed by atoms with Crippen molar-refractivity contribution in [3.8, 4) is 0 Å². The Morgan fingerprint density at radius 1 is 1.14 bits per heavy atom. The largest absolute Gasteiger partial charge is 0.462 e. The number of esters is 1. The lowest BCUT2D eigenvalue weighted by molar-refractivity contribution is -0.162. The summed E-state index contributed by atoms with van der Waals surface area (Å²) in [5.74, 6) is -0.409. The number of hydrogen-bond donors (Lipinski definition) is 3. The first-order chi connectivity index (χ1) is 16.7. The van der Waals surface area contributed by atoms with Gasteiger partial charge < -0.3 is 20.1 Å². The third-order valence-corrected chi connectivity index (χ3v) is 8.93. The van der Waals surface area contributed by atoms with Crippen molar-refractivity contribution in [3.05, 3.63) is 35.5 Å². The Balaban J connectivity index is 1.75. The van der Waals surface area contributed by atoms with Crippen LogP contribution in [-0.4, -0.2) is 51.4 Å². The predicted molar refractivity (Wildman–Crippen MR) is 140 cm³/mol. The molecule has 0 heterocycles. The zero-order chi connectivity index (χ0) is 26.9. The Morgan fingerprint density at radius 3 is 2.39 bits per heavy atom. The molecule has 3 aliphatic carbocycles. The van der Waals surface area contributed by atoms with Gasteiger partial charge in [-0.2, -0.15) is 0 Å². The van der Waals surface area contributed by atoms with Crippen molar-refractivity contribution in [3.63, 3.8) is 0 Å². The zero-order valence-corrected chi connectivity index (χ0v) is 23.0. The normalized spacial score (nSPS) is 35.1. The maximum absolute atomic E-state index is 16.3. The highest BCUT2D eigenvalue weighted by Gasteiger charge is 2.55. The molecular weight excluding hydrogens is 459 g/mol. The highest BCUT2D eigenvalue weighted by molar-refractivity contribution is 5.77. The van der Waals surface area contributed by atoms with Gasteiger partial charge in [-0.05, 0) is 103 Å². The first-order valence-corrected chi connectivity index (χ1v) is 13.7. The van der Waals surface area contributed by atoms with Gasteiger partial charge in [0.25, 0.3) is 0 Å². The topological polar surface area (TPSA) is 87.0 Å². The summed E-state index contributed by atoms with van der Waals surface area (Å²) in [7, 11) is 0. The molecule has 3 saturated carbocycles. The molecule has 6 heteroatoms. The van der Waals surface area contributed by atoms with Crippen LogP contribution in [0.3, 0.4) is 0 Å². The monoisotopic (exact) mass is 506 g/mol. The van der Waals surface area contributed by atoms with E-state index in [1.165, 1.54) is 17.7 Å². The van der Waals surface area contributed by atoms with Crippen molar-refractivity contribution in [2.45, 2.75) is 123 Å². The molecule has 3 fully saturated rings. The number of carbonyl (C=O) groups excluding carboxylic acids is 1. The van der Waals surface area contributed by atoms with Crippen molar-refractivity contribution < 1.29 is 29.2 Å². The SMILES string of the molecule is CC(C)OC(=O)C(C)(C)[C@H](O)/C=C/[C@](C)(F)[C@H]1CC[C@H]2/C(=C/C=C3C[C@@H](O)C[C@H](O)C3)CCC[C@@]21C. The third-order valence-electron chi connectivity index (χ3n) is 8.93. The minimum absolute atomic E-state index is 0.195. The summed E-state index contributed by atoms with van der Waals surface area (Å²) >= 11 is 0. The van der Waals surface area contributed by atoms with Gasteiger partial charge in [0, 0.05) is 5.92 Å². The molecule has 0 aliphatic heterocycles. The predicted octanol–water partition coefficient (Wildman–Crippen LogP) is 5.58. The van der Waals surface area contributed by atoms with Crippen molar-refractivity contribution in [2.75, 3.05) is 0 Å². The number of alkyl halides is 1. The molecule has 3 aliphatic rings. The van der Waals surface area contributed by atoms with Gasteiger partial charge >= 0.3 is 5.97 Å². The van der Waals surface area contributed by atoms with Crippen LogP contribution in [0.2, 0.25) is 0 Å². The number of fused-ring (bicyclic) bond motifs is 1. The van der Waals surface area contributed by atoms with Crippen LogP contribution in [-0.2, 0) is 9.53 Å². The van der Waals surface area contributed by atoms with Crippen molar-refractivity contribution in [2.24, 2.45) is 22.7 Å². The first-order valence-electron chi connectivity index (χ1n) is 13.7. The number of allylic oxidation sites excluding steroid dienone is 4. The van der Waals surface area contributed by atoms with E-state index in [0.29, 0.717) is 19.3 Å². The maximum Gasteiger partial charge on any atom is 0.314 e. The standard InChI is InChI=1S/C30H47FO5/c1-19(2)36-27(35)28(3,4)26(34)13-15-30(6,31)25-12-11-24-21(8-7-14-29(24,25)5)10-9-20-16-22(32)18-23(33)17-20/h9-10,13,15,19,22-26,32-34H,7-8,11-12,14,16-18H2,1-6H3/b15-13+,21-10+/t22-,23-,24+,25+,26-,29+,30+/m1/s1. The van der Waals surface area contributed by atoms with Crippen LogP contribution in [0, 0.1) is 22.7 Å². The zero-order valence-electron chi connectivity index (χ0n) is 23.0. The minimum Gasteiger partial charge on any atom is -0.462 e. The van der Waals surface area contributed by atoms with Crippen molar-refractivity contribution in [1.29, 1.82) is 0 Å². The Kier molecular flexibility index (Phi) is 8.95. The van der Waals surface area contributed by atoms with Crippen LogP contribution < -0.4 is 0 Å². The third kappa shape index (κ3) is 6.31. The van der Waals surface area contributed by atoms with E-state index in [2.05, 4.69) is 19.1 Å². The lowest BCUT2D eigenvalue weighted by atomic mass is 9.60. The lowest BCUT2D eigenvalue weighted by Crippen LogP contribution is -2.42. The Morgan fingerprint density at radius 2 is 1.78 bits per heavy atom. The van der Waals surface area contributed by atoms with Crippen LogP contribution in [0.5, 0.6) is 0 Å². The number of halogens is 1. The second-order valence-electron chi connectivity index (χ2n) is 12.7. The molecule has 0 aromatic rings. The van der Waals surface area contributed by atoms with E-state index in [-0.39, 0.29) is 23.4 Å². The van der Waals surface area contributed by atoms with Crippen LogP contribution in [0.1, 0.15) is 92.9 Å². The molecule has 204 valence electrons. The molecule has 5 nitrogen and oxygen atoms in total. The van der Waals surface area contributed by atoms with Gasteiger partial charge in [0.15, 0.2) is 0 Å². The molecule has 7 atom stereocenters. The average Bonchev–Trinajstić information content (AvgIpc) is 3.13. The molecular formula is C30H47FO5. The molecule has 0 radical (unpaired) electrons. The Labute approximate surface area is 216 Å². The van der Waals surface area contributed by atoms with Crippen LogP contribution in [0.15, 0.2) is 35.5 Å². The quantitative estimate of drug-likeness (QED) is 0.310. The molecule has 0 aromatic heterocycles. The number of rotatable bonds is 7. The number of aliphatic hydroxyl groups excluding tert-OH is 3. The second kappa shape index (κ2) is 11.1. The summed E-state index contributed by atoms with van der Waals surface area (Å²) in [4.78, 5) is 12.4. The van der Waals surface area contributed by atoms with Crippen LogP contribution in [0.25, 0.3) is 0 Å². The average molecular weight is 507 g/mol. The van der Waals surface area contributed by atoms with Crippen LogP contribution >= 0.6 is 0 Å². The summed E-state index contributed by atoms with van der Waals surface area (Å²) in [6.07, 6.45) is 11.0. The highest BCUT2D eigenvalue weighted by Crippen LogP contribution is 2.61. The molecule has 0 amide bonds. The lowest BCUT2D eigenvalue weighted by Gasteiger charge is -2.45. The highest BCUT2D eigenvalue weighted by atomic mass is 19.1. The number of carbonyl (C=O) groups is 1. The second-order valence-corrected chi connectivity index (χ2v) is 12.7. The van der Waals surface area contributed by atoms with Gasteiger partial charge in [0.2, 0.25) is 0 Å². The van der Waals surface area contributed by atoms with E-state index in [1.54, 1.807) is 34.6 Å². The molecule has 3 N–H and O–H groups in total. The van der Waals surface area contributed by atoms with Gasteiger partial charge in [-0.25, -0.2) is 4.39 Å². The van der Waals surface area contributed by atoms with Gasteiger partial charge in [-0.1, -0.05) is 36.3 Å². The molecule has 0 aromatic carbocycles. The number of ether oxygens (including phenoxy) is 1. The van der Waals surface area contributed by atoms with Gasteiger partial charge in [-0.15, -0.1) is 0 Å². The van der Waals surface area contributed by atoms with E-state index in [1.807, 2.05) is 0 Å². The van der Waals surface area contributed by atoms with Crippen LogP contribution in [0.4, 0.5) is 4.39 Å². The maximum atomic E-state index is 16.3. The summed E-state index contributed by atoms with van der Waals surface area (Å²) < 4.78 is 21.5. The molecule has 36 heavy (non-hydrogen) atoms. The summed E-state index contributed by atoms with van der Waals surface area (Å²) in [5.41, 5.74) is -0.583. The van der Waals surface area contributed by atoms with Gasteiger partial charge in [0.05, 0.1) is 29.8 Å². The Bertz CT molecular complexity index is 874. The molecule has 0 unspecified atom stereocenters. The Hall–Kier alpha value is -1.50. The van der Waals surface area contributed by atoms with E-state index in [9.17, 15) is 20.1 Å². The fourth-order valence-corrected chi connectivity index (χ4v) is 6.82. The summed E-state index contributed by atoms with van der Waals surface area (Å²) in [6, 6.07) is 0. The van der Waals surface area contributed by atoms with Gasteiger partial charge in [-0.3, -0.25) is 4.79 Å². The fraction of sp³-hybridized carbons (Fsp3) is 0.767. The van der Waals surface area contributed by atoms with E-state index in [4.69, 9.17) is 4.74 Å². The number of hydrogen-bond acceptors (Lipinski definition) is 5. The molecule has 0 spiro atoms. The van der Waals surface area contributed by atoms with Crippen molar-refractivity contribution in [1.82, 2.24) is 0 Å². The summed E-state index contributed by atoms with van der Waals surface area (Å²) in [6.45, 7) is 10.6. The number of aliphatic hydroxyl groups is 3. The van der Waals surface area contributed by atoms with E-state index in [0.717, 1.165) is 37.7 Å². The van der Waals surface area contributed by atoms with Gasteiger partial charge in [0.1, 0.15) is 5.67 Å². The fourth-order valence-electron chi connectivity index (χ4n) is 6.82. The minimum atomic E-state index is -1.62. The summed E-state index contributed by atoms with van der Waals surface area (Å²) in [5, 5.41) is 30.7. The van der Waals surface area contributed by atoms with E-state index < -0.39 is 35.4 Å². The smallest absolute Gasteiger partial charge is 0.314 e. The van der Waals surface area contributed by atoms with Crippen molar-refractivity contribution >= 4 is 5.97 Å². The van der Waals surface area contributed by atoms with E-state index >= 15 is 4.39 Å². The molecule has 0 saturated heterocycles.